The van der Waals surface area contributed by atoms with Crippen molar-refractivity contribution in [1.82, 2.24) is 14.5 Å². The number of aromatic nitrogens is 3. The zero-order valence-corrected chi connectivity index (χ0v) is 33.9. The van der Waals surface area contributed by atoms with Crippen molar-refractivity contribution in [2.45, 2.75) is 12.0 Å². The van der Waals surface area contributed by atoms with Gasteiger partial charge in [-0.3, -0.25) is 4.57 Å². The number of anilines is 2. The van der Waals surface area contributed by atoms with Crippen LogP contribution in [0.1, 0.15) is 17.0 Å². The zero-order chi connectivity index (χ0) is 41.0. The Kier molecular flexibility index (Phi) is 8.60. The molecular weight excluding hydrogens is 753 g/mol. The average Bonchev–Trinajstić information content (AvgIpc) is 3.87. The summed E-state index contributed by atoms with van der Waals surface area (Å²) in [6.07, 6.45) is 7.17. The highest BCUT2D eigenvalue weighted by molar-refractivity contribution is 6.10. The van der Waals surface area contributed by atoms with Crippen LogP contribution in [0.5, 0.6) is 0 Å². The van der Waals surface area contributed by atoms with Gasteiger partial charge in [0.2, 0.25) is 5.95 Å². The Bertz CT molecular complexity index is 3230. The van der Waals surface area contributed by atoms with E-state index in [9.17, 15) is 0 Å². The third kappa shape index (κ3) is 6.15. The van der Waals surface area contributed by atoms with Crippen molar-refractivity contribution in [3.8, 4) is 50.7 Å². The topological polar surface area (TPSA) is 34.0 Å². The third-order valence-corrected chi connectivity index (χ3v) is 12.6. The minimum atomic E-state index is 0.215. The minimum Gasteiger partial charge on any atom is -0.333 e. The van der Waals surface area contributed by atoms with Crippen LogP contribution in [0.15, 0.2) is 231 Å². The number of fused-ring (bicyclic) bond motifs is 6. The van der Waals surface area contributed by atoms with Gasteiger partial charge in [-0.1, -0.05) is 188 Å². The Labute approximate surface area is 361 Å². The first kappa shape index (κ1) is 35.8. The molecule has 0 radical (unpaired) electrons. The molecule has 2 unspecified atom stereocenters. The van der Waals surface area contributed by atoms with E-state index in [2.05, 4.69) is 240 Å². The lowest BCUT2D eigenvalue weighted by molar-refractivity contribution is 0.747. The number of benzene rings is 8. The fraction of sp³-hybridized carbons (Fsp3) is 0.0345. The van der Waals surface area contributed by atoms with Gasteiger partial charge >= 0.3 is 0 Å². The van der Waals surface area contributed by atoms with Crippen LogP contribution >= 0.6 is 0 Å². The standard InChI is InChI=1S/C58H40N4/c1-4-14-39(15-5-1)41-24-28-43(29-25-41)52-38-53(44-30-26-42(27-31-44)40-16-6-2-7-17-40)60-58(59-52)62-55-23-13-11-21-49(55)51-37-46(33-35-57(51)62)45-32-34-56-50(36-45)48-20-10-12-22-54(48)61(56)47-18-8-3-9-19-47/h1-38,50,56H. The molecule has 0 fully saturated rings. The molecule has 4 heteroatoms. The van der Waals surface area contributed by atoms with Gasteiger partial charge < -0.3 is 4.90 Å². The molecule has 12 rings (SSSR count). The highest BCUT2D eigenvalue weighted by Crippen LogP contribution is 2.49. The fourth-order valence-electron chi connectivity index (χ4n) is 9.56. The lowest BCUT2D eigenvalue weighted by atomic mass is 9.86. The highest BCUT2D eigenvalue weighted by Gasteiger charge is 2.38. The molecule has 0 saturated carbocycles. The Morgan fingerprint density at radius 3 is 1.58 bits per heavy atom. The maximum Gasteiger partial charge on any atom is 0.235 e. The maximum atomic E-state index is 5.37. The number of nitrogens with zero attached hydrogens (tertiary/aromatic N) is 4. The Morgan fingerprint density at radius 2 is 0.919 bits per heavy atom. The van der Waals surface area contributed by atoms with E-state index < -0.39 is 0 Å². The lowest BCUT2D eigenvalue weighted by Crippen LogP contribution is -2.28. The van der Waals surface area contributed by atoms with Crippen LogP contribution in [0.4, 0.5) is 11.4 Å². The van der Waals surface area contributed by atoms with E-state index in [1.165, 1.54) is 61.1 Å². The van der Waals surface area contributed by atoms with Crippen LogP contribution in [-0.2, 0) is 0 Å². The van der Waals surface area contributed by atoms with E-state index in [1.54, 1.807) is 0 Å². The summed E-state index contributed by atoms with van der Waals surface area (Å²) in [5.74, 6) is 0.875. The summed E-state index contributed by atoms with van der Waals surface area (Å²) in [5.41, 5.74) is 16.9. The Morgan fingerprint density at radius 1 is 0.403 bits per heavy atom. The number of hydrogen-bond acceptors (Lipinski definition) is 3. The van der Waals surface area contributed by atoms with Crippen molar-refractivity contribution in [1.29, 1.82) is 0 Å². The molecule has 292 valence electrons. The van der Waals surface area contributed by atoms with Gasteiger partial charge in [-0.15, -0.1) is 0 Å². The first-order chi connectivity index (χ1) is 30.7. The molecule has 0 amide bonds. The largest absolute Gasteiger partial charge is 0.333 e. The normalized spacial score (nSPS) is 15.4. The summed E-state index contributed by atoms with van der Waals surface area (Å²) in [4.78, 5) is 13.2. The molecule has 0 N–H and O–H groups in total. The predicted molar refractivity (Wildman–Crippen MR) is 257 cm³/mol. The van der Waals surface area contributed by atoms with E-state index >= 15 is 0 Å². The highest BCUT2D eigenvalue weighted by atomic mass is 15.2. The Balaban J connectivity index is 0.976. The van der Waals surface area contributed by atoms with E-state index in [4.69, 9.17) is 9.97 Å². The van der Waals surface area contributed by atoms with Crippen molar-refractivity contribution >= 4 is 38.8 Å². The molecule has 62 heavy (non-hydrogen) atoms. The van der Waals surface area contributed by atoms with Gasteiger partial charge in [0.15, 0.2) is 0 Å². The van der Waals surface area contributed by atoms with Gasteiger partial charge in [-0.05, 0) is 81.4 Å². The van der Waals surface area contributed by atoms with Crippen LogP contribution in [-0.4, -0.2) is 20.6 Å². The second-order valence-corrected chi connectivity index (χ2v) is 16.2. The van der Waals surface area contributed by atoms with Gasteiger partial charge in [0.25, 0.3) is 0 Å². The van der Waals surface area contributed by atoms with E-state index in [0.717, 1.165) is 33.5 Å². The van der Waals surface area contributed by atoms with Crippen molar-refractivity contribution in [3.05, 3.63) is 242 Å². The van der Waals surface area contributed by atoms with E-state index in [-0.39, 0.29) is 12.0 Å². The first-order valence-electron chi connectivity index (χ1n) is 21.3. The van der Waals surface area contributed by atoms with E-state index in [0.29, 0.717) is 5.95 Å². The average molecular weight is 793 g/mol. The first-order valence-corrected chi connectivity index (χ1v) is 21.3. The molecule has 0 spiro atoms. The molecule has 2 aliphatic rings. The summed E-state index contributed by atoms with van der Waals surface area (Å²) < 4.78 is 2.24. The lowest BCUT2D eigenvalue weighted by Gasteiger charge is -2.29. The third-order valence-electron chi connectivity index (χ3n) is 12.6. The molecule has 0 saturated heterocycles. The van der Waals surface area contributed by atoms with Gasteiger partial charge in [-0.2, -0.15) is 0 Å². The molecule has 0 bridgehead atoms. The molecule has 1 aliphatic carbocycles. The molecule has 2 aromatic heterocycles. The SMILES string of the molecule is C1=CC2C(C=C1c1ccc3c(c1)c1ccccc1n3-c1nc(-c3ccc(-c4ccccc4)cc3)cc(-c3ccc(-c4ccccc4)cc3)n1)c1ccccc1N2c1ccccc1. The molecule has 2 atom stereocenters. The van der Waals surface area contributed by atoms with Gasteiger partial charge in [0.05, 0.1) is 28.5 Å². The van der Waals surface area contributed by atoms with Gasteiger partial charge in [0.1, 0.15) is 0 Å². The second-order valence-electron chi connectivity index (χ2n) is 16.2. The molecule has 8 aromatic carbocycles. The smallest absolute Gasteiger partial charge is 0.235 e. The van der Waals surface area contributed by atoms with Crippen molar-refractivity contribution in [3.63, 3.8) is 0 Å². The number of allylic oxidation sites excluding steroid dienone is 2. The van der Waals surface area contributed by atoms with Crippen LogP contribution in [0.2, 0.25) is 0 Å². The van der Waals surface area contributed by atoms with Crippen LogP contribution < -0.4 is 4.90 Å². The number of rotatable bonds is 7. The number of hydrogen-bond donors (Lipinski definition) is 0. The van der Waals surface area contributed by atoms with Crippen molar-refractivity contribution < 1.29 is 0 Å². The van der Waals surface area contributed by atoms with Gasteiger partial charge in [-0.25, -0.2) is 9.97 Å². The molecule has 3 heterocycles. The summed E-state index contributed by atoms with van der Waals surface area (Å²) in [5, 5.41) is 2.33. The molecule has 10 aromatic rings. The van der Waals surface area contributed by atoms with Crippen molar-refractivity contribution in [2.75, 3.05) is 4.90 Å². The quantitative estimate of drug-likeness (QED) is 0.161. The predicted octanol–water partition coefficient (Wildman–Crippen LogP) is 14.5. The maximum absolute atomic E-state index is 5.37. The molecule has 4 nitrogen and oxygen atoms in total. The second kappa shape index (κ2) is 14.9. The summed E-state index contributed by atoms with van der Waals surface area (Å²) in [6, 6.07) is 75.9. The van der Waals surface area contributed by atoms with Gasteiger partial charge in [0, 0.05) is 39.2 Å². The molecular formula is C58H40N4. The zero-order valence-electron chi connectivity index (χ0n) is 33.9. The summed E-state index contributed by atoms with van der Waals surface area (Å²) >= 11 is 0. The number of para-hydroxylation sites is 3. The van der Waals surface area contributed by atoms with Crippen LogP contribution in [0, 0.1) is 0 Å². The van der Waals surface area contributed by atoms with E-state index in [1.807, 2.05) is 0 Å². The van der Waals surface area contributed by atoms with Crippen LogP contribution in [0.25, 0.3) is 78.1 Å². The summed E-state index contributed by atoms with van der Waals surface area (Å²) in [6.45, 7) is 0. The fourth-order valence-corrected chi connectivity index (χ4v) is 9.56. The van der Waals surface area contributed by atoms with Crippen LogP contribution in [0.3, 0.4) is 0 Å². The minimum absolute atomic E-state index is 0.215. The monoisotopic (exact) mass is 792 g/mol. The Hall–Kier alpha value is -8.08. The van der Waals surface area contributed by atoms with Crippen molar-refractivity contribution in [2.24, 2.45) is 0 Å². The molecule has 1 aliphatic heterocycles. The summed E-state index contributed by atoms with van der Waals surface area (Å²) in [7, 11) is 0.